The molecule has 0 radical (unpaired) electrons. The Hall–Kier alpha value is -2.62. The molecule has 2 amide bonds. The maximum absolute atomic E-state index is 13.2. The smallest absolute Gasteiger partial charge is 0.253 e. The molecule has 0 aromatic heterocycles. The fourth-order valence-corrected chi connectivity index (χ4v) is 4.46. The van der Waals surface area contributed by atoms with Gasteiger partial charge >= 0.3 is 0 Å². The molecule has 0 aliphatic carbocycles. The van der Waals surface area contributed by atoms with Gasteiger partial charge in [0.1, 0.15) is 0 Å². The molecule has 0 saturated carbocycles. The van der Waals surface area contributed by atoms with Crippen LogP contribution in [0.2, 0.25) is 0 Å². The topological polar surface area (TPSA) is 98.8 Å². The lowest BCUT2D eigenvalue weighted by molar-refractivity contribution is -0.121. The molecule has 3 rings (SSSR count). The van der Waals surface area contributed by atoms with E-state index in [0.29, 0.717) is 43.7 Å². The third-order valence-corrected chi connectivity index (χ3v) is 7.23. The van der Waals surface area contributed by atoms with Crippen molar-refractivity contribution in [1.29, 1.82) is 0 Å². The van der Waals surface area contributed by atoms with Gasteiger partial charge in [0.25, 0.3) is 5.91 Å². The van der Waals surface area contributed by atoms with Gasteiger partial charge in [-0.1, -0.05) is 30.3 Å². The number of carbonyl (C=O) groups is 2. The Morgan fingerprint density at radius 2 is 1.63 bits per heavy atom. The van der Waals surface area contributed by atoms with Gasteiger partial charge < -0.3 is 15.5 Å². The number of benzene rings is 2. The van der Waals surface area contributed by atoms with Crippen molar-refractivity contribution in [2.45, 2.75) is 31.7 Å². The van der Waals surface area contributed by atoms with E-state index < -0.39 is 10.0 Å². The molecule has 2 aromatic carbocycles. The quantitative estimate of drug-likeness (QED) is 0.643. The van der Waals surface area contributed by atoms with Crippen LogP contribution in [-0.2, 0) is 14.8 Å². The van der Waals surface area contributed by atoms with Crippen LogP contribution in [0.5, 0.6) is 0 Å². The molecular formula is C25H35ClN4O4S. The maximum Gasteiger partial charge on any atom is 0.253 e. The van der Waals surface area contributed by atoms with Gasteiger partial charge in [-0.05, 0) is 55.6 Å². The standard InChI is InChI=1S/C25H34N4O4S.ClH/c1-28(34(2,32)33)22-13-11-21(12-14-22)25(31)29-17-7-6-15-26-23(20-9-4-3-5-10-20)19-24(30)27-16-8-18-29;/h3-5,9-14,23,26H,6-8,15-19H2,1-2H3,(H,27,30);1H. The number of hydrogen-bond donors (Lipinski definition) is 2. The molecule has 1 atom stereocenters. The molecule has 1 aliphatic rings. The van der Waals surface area contributed by atoms with Crippen LogP contribution in [0.25, 0.3) is 0 Å². The molecule has 10 heteroatoms. The summed E-state index contributed by atoms with van der Waals surface area (Å²) in [7, 11) is -1.88. The van der Waals surface area contributed by atoms with E-state index in [2.05, 4.69) is 10.6 Å². The highest BCUT2D eigenvalue weighted by atomic mass is 35.5. The van der Waals surface area contributed by atoms with Gasteiger partial charge in [0.15, 0.2) is 0 Å². The van der Waals surface area contributed by atoms with Gasteiger partial charge in [-0.3, -0.25) is 13.9 Å². The minimum Gasteiger partial charge on any atom is -0.356 e. The van der Waals surface area contributed by atoms with Crippen molar-refractivity contribution >= 4 is 39.9 Å². The molecule has 2 N–H and O–H groups in total. The summed E-state index contributed by atoms with van der Waals surface area (Å²) in [6.45, 7) is 2.42. The Morgan fingerprint density at radius 1 is 0.971 bits per heavy atom. The number of nitrogens with one attached hydrogen (secondary N) is 2. The lowest BCUT2D eigenvalue weighted by Crippen LogP contribution is -2.35. The molecule has 1 aliphatic heterocycles. The molecular weight excluding hydrogens is 488 g/mol. The Kier molecular flexibility index (Phi) is 11.0. The fourth-order valence-electron chi connectivity index (χ4n) is 3.96. The summed E-state index contributed by atoms with van der Waals surface area (Å²) in [5, 5.41) is 6.47. The van der Waals surface area contributed by atoms with Gasteiger partial charge in [-0.15, -0.1) is 12.4 Å². The zero-order valence-electron chi connectivity index (χ0n) is 20.3. The lowest BCUT2D eigenvalue weighted by Gasteiger charge is -2.23. The molecule has 1 unspecified atom stereocenters. The lowest BCUT2D eigenvalue weighted by atomic mass is 10.0. The van der Waals surface area contributed by atoms with Crippen LogP contribution < -0.4 is 14.9 Å². The van der Waals surface area contributed by atoms with E-state index in [-0.39, 0.29) is 30.3 Å². The van der Waals surface area contributed by atoms with Crippen molar-refractivity contribution in [3.05, 3.63) is 65.7 Å². The van der Waals surface area contributed by atoms with Crippen LogP contribution >= 0.6 is 12.4 Å². The van der Waals surface area contributed by atoms with E-state index in [9.17, 15) is 18.0 Å². The van der Waals surface area contributed by atoms with Gasteiger partial charge in [-0.25, -0.2) is 8.42 Å². The first kappa shape index (κ1) is 28.6. The molecule has 1 heterocycles. The minimum absolute atomic E-state index is 0. The van der Waals surface area contributed by atoms with E-state index in [1.165, 1.54) is 11.4 Å². The van der Waals surface area contributed by atoms with Gasteiger partial charge in [0.05, 0.1) is 11.9 Å². The van der Waals surface area contributed by atoms with Crippen molar-refractivity contribution in [3.63, 3.8) is 0 Å². The molecule has 192 valence electrons. The number of hydrogen-bond acceptors (Lipinski definition) is 5. The zero-order valence-corrected chi connectivity index (χ0v) is 21.9. The fraction of sp³-hybridized carbons (Fsp3) is 0.440. The van der Waals surface area contributed by atoms with E-state index in [0.717, 1.165) is 31.2 Å². The Morgan fingerprint density at radius 3 is 2.29 bits per heavy atom. The largest absolute Gasteiger partial charge is 0.356 e. The average molecular weight is 523 g/mol. The SMILES string of the molecule is CN(c1ccc(C(=O)N2CCCCNC(c3ccccc3)CC(=O)NCCC2)cc1)S(C)(=O)=O.Cl. The first-order valence-corrected chi connectivity index (χ1v) is 13.5. The number of rotatable bonds is 4. The number of amides is 2. The molecule has 35 heavy (non-hydrogen) atoms. The number of carbonyl (C=O) groups excluding carboxylic acids is 2. The maximum atomic E-state index is 13.2. The molecule has 0 spiro atoms. The average Bonchev–Trinajstić information content (AvgIpc) is 2.85. The highest BCUT2D eigenvalue weighted by Gasteiger charge is 2.19. The van der Waals surface area contributed by atoms with Crippen molar-refractivity contribution in [1.82, 2.24) is 15.5 Å². The van der Waals surface area contributed by atoms with E-state index in [1.54, 1.807) is 24.3 Å². The summed E-state index contributed by atoms with van der Waals surface area (Å²) in [6, 6.07) is 16.5. The first-order chi connectivity index (χ1) is 16.3. The number of sulfonamides is 1. The third kappa shape index (κ3) is 8.52. The zero-order chi connectivity index (χ0) is 24.6. The molecule has 1 fully saturated rings. The predicted octanol–water partition coefficient (Wildman–Crippen LogP) is 2.97. The number of nitrogens with zero attached hydrogens (tertiary/aromatic N) is 2. The Balaban J connectivity index is 0.00000432. The highest BCUT2D eigenvalue weighted by molar-refractivity contribution is 7.92. The van der Waals surface area contributed by atoms with Crippen molar-refractivity contribution in [2.24, 2.45) is 0 Å². The summed E-state index contributed by atoms with van der Waals surface area (Å²) in [5.41, 5.74) is 2.11. The van der Waals surface area contributed by atoms with Crippen LogP contribution in [0.15, 0.2) is 54.6 Å². The van der Waals surface area contributed by atoms with E-state index >= 15 is 0 Å². The Labute approximate surface area is 214 Å². The summed E-state index contributed by atoms with van der Waals surface area (Å²) in [5.74, 6) is -0.103. The Bertz CT molecular complexity index is 1060. The predicted molar refractivity (Wildman–Crippen MR) is 142 cm³/mol. The van der Waals surface area contributed by atoms with Gasteiger partial charge in [0, 0.05) is 44.7 Å². The number of anilines is 1. The second-order valence-electron chi connectivity index (χ2n) is 8.60. The molecule has 0 bridgehead atoms. The van der Waals surface area contributed by atoms with Gasteiger partial charge in [-0.2, -0.15) is 0 Å². The minimum atomic E-state index is -3.36. The summed E-state index contributed by atoms with van der Waals surface area (Å²) >= 11 is 0. The highest BCUT2D eigenvalue weighted by Crippen LogP contribution is 2.19. The van der Waals surface area contributed by atoms with Crippen LogP contribution in [-0.4, -0.2) is 64.6 Å². The third-order valence-electron chi connectivity index (χ3n) is 6.03. The van der Waals surface area contributed by atoms with Crippen molar-refractivity contribution in [3.8, 4) is 0 Å². The van der Waals surface area contributed by atoms with Crippen LogP contribution in [0, 0.1) is 0 Å². The van der Waals surface area contributed by atoms with Crippen molar-refractivity contribution in [2.75, 3.05) is 43.8 Å². The second-order valence-corrected chi connectivity index (χ2v) is 10.6. The van der Waals surface area contributed by atoms with Crippen LogP contribution in [0.3, 0.4) is 0 Å². The first-order valence-electron chi connectivity index (χ1n) is 11.6. The molecule has 8 nitrogen and oxygen atoms in total. The summed E-state index contributed by atoms with van der Waals surface area (Å²) in [6.07, 6.45) is 3.90. The monoisotopic (exact) mass is 522 g/mol. The van der Waals surface area contributed by atoms with E-state index in [1.807, 2.05) is 35.2 Å². The van der Waals surface area contributed by atoms with E-state index in [4.69, 9.17) is 0 Å². The van der Waals surface area contributed by atoms with Crippen molar-refractivity contribution < 1.29 is 18.0 Å². The molecule has 2 aromatic rings. The second kappa shape index (κ2) is 13.5. The van der Waals surface area contributed by atoms with Gasteiger partial charge in [0.2, 0.25) is 15.9 Å². The normalized spacial score (nSPS) is 18.2. The molecule has 1 saturated heterocycles. The summed E-state index contributed by atoms with van der Waals surface area (Å²) in [4.78, 5) is 27.5. The van der Waals surface area contributed by atoms with Crippen LogP contribution in [0.1, 0.15) is 47.6 Å². The van der Waals surface area contributed by atoms with Crippen LogP contribution in [0.4, 0.5) is 5.69 Å². The number of halogens is 1. The summed E-state index contributed by atoms with van der Waals surface area (Å²) < 4.78 is 24.7.